The molecule has 158 valence electrons. The first-order valence-corrected chi connectivity index (χ1v) is 9.83. The maximum absolute atomic E-state index is 14.3. The second kappa shape index (κ2) is 8.51. The number of hydrogen-bond donors (Lipinski definition) is 1. The van der Waals surface area contributed by atoms with Gasteiger partial charge >= 0.3 is 0 Å². The first kappa shape index (κ1) is 20.5. The standard InChI is InChI=1S/C23H21FN4O3/c1-14-10-20-17(12-16(14)11-15-5-6-19(27-13-15)22(29)25-2)23(30)28(8-9-31-20)21-18(24)4-3-7-26-21/h3-7,10,12-13H,8-9,11H2,1-2H3,(H,25,29). The van der Waals surface area contributed by atoms with Gasteiger partial charge in [0.15, 0.2) is 11.6 Å². The molecular formula is C23H21FN4O3. The van der Waals surface area contributed by atoms with Gasteiger partial charge in [-0.15, -0.1) is 0 Å². The number of fused-ring (bicyclic) bond motifs is 1. The molecule has 1 aliphatic heterocycles. The summed E-state index contributed by atoms with van der Waals surface area (Å²) in [6.07, 6.45) is 3.61. The fourth-order valence-corrected chi connectivity index (χ4v) is 3.49. The Morgan fingerprint density at radius 1 is 1.26 bits per heavy atom. The molecule has 2 amide bonds. The number of amides is 2. The van der Waals surface area contributed by atoms with Gasteiger partial charge in [-0.1, -0.05) is 6.07 Å². The molecule has 0 aliphatic carbocycles. The Balaban J connectivity index is 1.66. The van der Waals surface area contributed by atoms with Gasteiger partial charge in [0.1, 0.15) is 18.1 Å². The van der Waals surface area contributed by atoms with Crippen LogP contribution >= 0.6 is 0 Å². The Morgan fingerprint density at radius 2 is 2.10 bits per heavy atom. The van der Waals surface area contributed by atoms with Gasteiger partial charge in [0.25, 0.3) is 11.8 Å². The highest BCUT2D eigenvalue weighted by Gasteiger charge is 2.28. The molecule has 0 saturated carbocycles. The first-order chi connectivity index (χ1) is 15.0. The average molecular weight is 420 g/mol. The number of halogens is 1. The van der Waals surface area contributed by atoms with Crippen LogP contribution in [0.25, 0.3) is 0 Å². The Labute approximate surface area is 178 Å². The van der Waals surface area contributed by atoms with Crippen molar-refractivity contribution in [1.82, 2.24) is 15.3 Å². The van der Waals surface area contributed by atoms with E-state index in [0.29, 0.717) is 23.4 Å². The molecule has 1 aliphatic rings. The molecule has 0 bridgehead atoms. The van der Waals surface area contributed by atoms with Gasteiger partial charge < -0.3 is 10.1 Å². The van der Waals surface area contributed by atoms with Crippen LogP contribution < -0.4 is 15.0 Å². The number of carbonyl (C=O) groups is 2. The minimum atomic E-state index is -0.561. The molecular weight excluding hydrogens is 399 g/mol. The van der Waals surface area contributed by atoms with E-state index >= 15 is 0 Å². The molecule has 0 spiro atoms. The maximum Gasteiger partial charge on any atom is 0.269 e. The van der Waals surface area contributed by atoms with Gasteiger partial charge in [0.05, 0.1) is 12.1 Å². The molecule has 0 radical (unpaired) electrons. The number of aromatic nitrogens is 2. The molecule has 2 aromatic heterocycles. The number of hydrogen-bond acceptors (Lipinski definition) is 5. The van der Waals surface area contributed by atoms with Crippen LogP contribution in [0.2, 0.25) is 0 Å². The summed E-state index contributed by atoms with van der Waals surface area (Å²) in [6.45, 7) is 2.37. The van der Waals surface area contributed by atoms with Gasteiger partial charge in [-0.05, 0) is 60.4 Å². The van der Waals surface area contributed by atoms with E-state index in [1.54, 1.807) is 25.4 Å². The van der Waals surface area contributed by atoms with Crippen LogP contribution in [0, 0.1) is 12.7 Å². The van der Waals surface area contributed by atoms with Crippen molar-refractivity contribution in [3.8, 4) is 5.75 Å². The van der Waals surface area contributed by atoms with Crippen molar-refractivity contribution in [2.24, 2.45) is 0 Å². The summed E-state index contributed by atoms with van der Waals surface area (Å²) in [6, 6.07) is 9.85. The molecule has 0 saturated heterocycles. The molecule has 8 heteroatoms. The zero-order chi connectivity index (χ0) is 22.0. The third-order valence-corrected chi connectivity index (χ3v) is 5.16. The fraction of sp³-hybridized carbons (Fsp3) is 0.217. The number of rotatable bonds is 4. The second-order valence-electron chi connectivity index (χ2n) is 7.20. The number of ether oxygens (including phenoxy) is 1. The molecule has 3 aromatic rings. The highest BCUT2D eigenvalue weighted by atomic mass is 19.1. The van der Waals surface area contributed by atoms with Crippen LogP contribution in [0.5, 0.6) is 5.75 Å². The topological polar surface area (TPSA) is 84.4 Å². The lowest BCUT2D eigenvalue weighted by Crippen LogP contribution is -2.33. The number of pyridine rings is 2. The molecule has 3 heterocycles. The molecule has 0 atom stereocenters. The van der Waals surface area contributed by atoms with E-state index in [9.17, 15) is 14.0 Å². The number of benzene rings is 1. The quantitative estimate of drug-likeness (QED) is 0.702. The van der Waals surface area contributed by atoms with Crippen molar-refractivity contribution in [2.45, 2.75) is 13.3 Å². The molecule has 1 aromatic carbocycles. The van der Waals surface area contributed by atoms with Crippen LogP contribution in [0.3, 0.4) is 0 Å². The van der Waals surface area contributed by atoms with Gasteiger partial charge in [-0.25, -0.2) is 9.37 Å². The largest absolute Gasteiger partial charge is 0.491 e. The lowest BCUT2D eigenvalue weighted by atomic mass is 9.97. The SMILES string of the molecule is CNC(=O)c1ccc(Cc2cc3c(cc2C)OCCN(c2ncccc2F)C3=O)cn1. The number of nitrogens with one attached hydrogen (secondary N) is 1. The summed E-state index contributed by atoms with van der Waals surface area (Å²) in [7, 11) is 1.55. The van der Waals surface area contributed by atoms with Crippen molar-refractivity contribution in [3.63, 3.8) is 0 Å². The van der Waals surface area contributed by atoms with Gasteiger partial charge in [-0.2, -0.15) is 0 Å². The van der Waals surface area contributed by atoms with Crippen LogP contribution in [-0.4, -0.2) is 42.0 Å². The van der Waals surface area contributed by atoms with E-state index < -0.39 is 5.82 Å². The molecule has 31 heavy (non-hydrogen) atoms. The van der Waals surface area contributed by atoms with E-state index in [1.807, 2.05) is 19.1 Å². The Bertz CT molecular complexity index is 1150. The third-order valence-electron chi connectivity index (χ3n) is 5.16. The predicted molar refractivity (Wildman–Crippen MR) is 113 cm³/mol. The summed E-state index contributed by atoms with van der Waals surface area (Å²) in [4.78, 5) is 34.5. The summed E-state index contributed by atoms with van der Waals surface area (Å²) >= 11 is 0. The van der Waals surface area contributed by atoms with E-state index in [2.05, 4.69) is 15.3 Å². The van der Waals surface area contributed by atoms with E-state index in [1.165, 1.54) is 23.2 Å². The van der Waals surface area contributed by atoms with Crippen LogP contribution in [0.1, 0.15) is 37.5 Å². The Hall–Kier alpha value is -3.81. The van der Waals surface area contributed by atoms with Crippen molar-refractivity contribution in [1.29, 1.82) is 0 Å². The molecule has 7 nitrogen and oxygen atoms in total. The van der Waals surface area contributed by atoms with Crippen LogP contribution in [0.4, 0.5) is 10.2 Å². The lowest BCUT2D eigenvalue weighted by molar-refractivity contribution is 0.0956. The number of carbonyl (C=O) groups excluding carboxylic acids is 2. The third kappa shape index (κ3) is 4.09. The fourth-order valence-electron chi connectivity index (χ4n) is 3.49. The molecule has 4 rings (SSSR count). The molecule has 0 unspecified atom stereocenters. The van der Waals surface area contributed by atoms with Crippen LogP contribution in [-0.2, 0) is 6.42 Å². The van der Waals surface area contributed by atoms with E-state index in [4.69, 9.17) is 4.74 Å². The van der Waals surface area contributed by atoms with E-state index in [0.717, 1.165) is 16.7 Å². The normalized spacial score (nSPS) is 13.3. The summed E-state index contributed by atoms with van der Waals surface area (Å²) < 4.78 is 20.1. The first-order valence-electron chi connectivity index (χ1n) is 9.83. The maximum atomic E-state index is 14.3. The van der Waals surface area contributed by atoms with Crippen molar-refractivity contribution < 1.29 is 18.7 Å². The Morgan fingerprint density at radius 3 is 2.81 bits per heavy atom. The predicted octanol–water partition coefficient (Wildman–Crippen LogP) is 2.91. The summed E-state index contributed by atoms with van der Waals surface area (Å²) in [5.41, 5.74) is 3.46. The van der Waals surface area contributed by atoms with Crippen LogP contribution in [0.15, 0.2) is 48.8 Å². The van der Waals surface area contributed by atoms with Gasteiger partial charge in [0, 0.05) is 19.4 Å². The second-order valence-corrected chi connectivity index (χ2v) is 7.20. The lowest BCUT2D eigenvalue weighted by Gasteiger charge is -2.19. The minimum absolute atomic E-state index is 0.0138. The Kier molecular flexibility index (Phi) is 5.62. The van der Waals surface area contributed by atoms with Gasteiger partial charge in [-0.3, -0.25) is 19.5 Å². The number of nitrogens with zero attached hydrogens (tertiary/aromatic N) is 3. The van der Waals surface area contributed by atoms with Crippen molar-refractivity contribution >= 4 is 17.6 Å². The summed E-state index contributed by atoms with van der Waals surface area (Å²) in [5.74, 6) is -0.719. The van der Waals surface area contributed by atoms with Gasteiger partial charge in [0.2, 0.25) is 0 Å². The average Bonchev–Trinajstić information content (AvgIpc) is 2.93. The number of anilines is 1. The van der Waals surface area contributed by atoms with Crippen molar-refractivity contribution in [2.75, 3.05) is 25.1 Å². The monoisotopic (exact) mass is 420 g/mol. The summed E-state index contributed by atoms with van der Waals surface area (Å²) in [5, 5.41) is 2.54. The van der Waals surface area contributed by atoms with Crippen molar-refractivity contribution in [3.05, 3.63) is 82.6 Å². The highest BCUT2D eigenvalue weighted by molar-refractivity contribution is 6.08. The minimum Gasteiger partial charge on any atom is -0.491 e. The molecule has 0 fully saturated rings. The number of aryl methyl sites for hydroxylation is 1. The molecule has 1 N–H and O–H groups in total. The van der Waals surface area contributed by atoms with E-state index in [-0.39, 0.29) is 30.8 Å². The highest BCUT2D eigenvalue weighted by Crippen LogP contribution is 2.30. The smallest absolute Gasteiger partial charge is 0.269 e. The zero-order valence-corrected chi connectivity index (χ0v) is 17.2. The zero-order valence-electron chi connectivity index (χ0n) is 17.2.